The number of benzene rings is 2. The molecule has 7 nitrogen and oxygen atoms in total. The fourth-order valence-electron chi connectivity index (χ4n) is 5.18. The van der Waals surface area contributed by atoms with Gasteiger partial charge in [-0.3, -0.25) is 9.59 Å². The van der Waals surface area contributed by atoms with Gasteiger partial charge in [-0.05, 0) is 75.3 Å². The summed E-state index contributed by atoms with van der Waals surface area (Å²) in [4.78, 5) is 27.5. The summed E-state index contributed by atoms with van der Waals surface area (Å²) in [6, 6.07) is 13.2. The molecule has 1 saturated heterocycles. The Morgan fingerprint density at radius 3 is 2.31 bits per heavy atom. The van der Waals surface area contributed by atoms with Gasteiger partial charge in [-0.1, -0.05) is 29.8 Å². The quantitative estimate of drug-likeness (QED) is 0.666. The summed E-state index contributed by atoms with van der Waals surface area (Å²) in [6.45, 7) is 5.17. The molecule has 2 amide bonds. The highest BCUT2D eigenvalue weighted by Crippen LogP contribution is 2.40. The topological polar surface area (TPSA) is 86.8 Å². The summed E-state index contributed by atoms with van der Waals surface area (Å²) in [5, 5.41) is 2.99. The van der Waals surface area contributed by atoms with Crippen LogP contribution in [0.3, 0.4) is 0 Å². The van der Waals surface area contributed by atoms with Crippen LogP contribution in [-0.2, 0) is 32.6 Å². The fourth-order valence-corrected chi connectivity index (χ4v) is 6.70. The molecule has 1 aliphatic carbocycles. The number of nitrogens with one attached hydrogen (secondary N) is 1. The summed E-state index contributed by atoms with van der Waals surface area (Å²) in [5.41, 5.74) is 3.98. The molecular formula is C27H33N3O4S. The molecule has 2 heterocycles. The molecule has 0 bridgehead atoms. The van der Waals surface area contributed by atoms with E-state index in [9.17, 15) is 18.0 Å². The van der Waals surface area contributed by atoms with E-state index in [1.54, 1.807) is 18.2 Å². The van der Waals surface area contributed by atoms with Gasteiger partial charge in [0.15, 0.2) is 0 Å². The third kappa shape index (κ3) is 4.86. The van der Waals surface area contributed by atoms with Gasteiger partial charge in [-0.2, -0.15) is 4.31 Å². The highest BCUT2D eigenvalue weighted by Gasteiger charge is 2.40. The van der Waals surface area contributed by atoms with E-state index in [1.807, 2.05) is 43.0 Å². The van der Waals surface area contributed by atoms with Crippen molar-refractivity contribution in [2.45, 2.75) is 63.4 Å². The Labute approximate surface area is 207 Å². The van der Waals surface area contributed by atoms with Crippen molar-refractivity contribution < 1.29 is 18.0 Å². The van der Waals surface area contributed by atoms with Crippen LogP contribution in [0.4, 0.5) is 5.69 Å². The number of hydrogen-bond donors (Lipinski definition) is 1. The SMILES string of the molecule is Cc1ccc(CNC(=O)C2CCN(S(=O)(=O)c3ccc4c(c3)C[C@H](C)N4C(=O)C3CC3)CC2)cc1. The molecule has 0 spiro atoms. The van der Waals surface area contributed by atoms with Crippen LogP contribution in [-0.4, -0.2) is 43.7 Å². The number of aryl methyl sites for hydroxylation is 1. The Bertz CT molecular complexity index is 1230. The second-order valence-corrected chi connectivity index (χ2v) is 12.1. The first-order valence-electron chi connectivity index (χ1n) is 12.5. The number of rotatable bonds is 6. The predicted octanol–water partition coefficient (Wildman–Crippen LogP) is 3.40. The molecule has 2 aromatic rings. The second-order valence-electron chi connectivity index (χ2n) is 10.2. The molecule has 1 saturated carbocycles. The number of anilines is 1. The van der Waals surface area contributed by atoms with Gasteiger partial charge in [-0.15, -0.1) is 0 Å². The van der Waals surface area contributed by atoms with E-state index in [2.05, 4.69) is 5.32 Å². The zero-order valence-electron chi connectivity index (χ0n) is 20.4. The van der Waals surface area contributed by atoms with Crippen molar-refractivity contribution in [2.24, 2.45) is 11.8 Å². The summed E-state index contributed by atoms with van der Waals surface area (Å²) in [6.07, 6.45) is 3.57. The van der Waals surface area contributed by atoms with Gasteiger partial charge in [0.25, 0.3) is 0 Å². The molecule has 0 aromatic heterocycles. The van der Waals surface area contributed by atoms with Crippen LogP contribution >= 0.6 is 0 Å². The van der Waals surface area contributed by atoms with Crippen molar-refractivity contribution in [3.63, 3.8) is 0 Å². The zero-order valence-corrected chi connectivity index (χ0v) is 21.2. The zero-order chi connectivity index (χ0) is 24.7. The van der Waals surface area contributed by atoms with Crippen LogP contribution in [0.5, 0.6) is 0 Å². The minimum Gasteiger partial charge on any atom is -0.352 e. The van der Waals surface area contributed by atoms with Gasteiger partial charge in [-0.25, -0.2) is 8.42 Å². The molecule has 3 aliphatic rings. The van der Waals surface area contributed by atoms with Crippen LogP contribution in [0, 0.1) is 18.8 Å². The summed E-state index contributed by atoms with van der Waals surface area (Å²) < 4.78 is 28.2. The summed E-state index contributed by atoms with van der Waals surface area (Å²) in [5.74, 6) is 0.0844. The van der Waals surface area contributed by atoms with E-state index in [0.717, 1.165) is 29.7 Å². The Hall–Kier alpha value is -2.71. The van der Waals surface area contributed by atoms with Gasteiger partial charge >= 0.3 is 0 Å². The number of carbonyl (C=O) groups excluding carboxylic acids is 2. The lowest BCUT2D eigenvalue weighted by atomic mass is 9.97. The third-order valence-electron chi connectivity index (χ3n) is 7.48. The number of nitrogens with zero attached hydrogens (tertiary/aromatic N) is 2. The minimum atomic E-state index is -3.65. The number of piperidine rings is 1. The molecule has 0 radical (unpaired) electrons. The lowest BCUT2D eigenvalue weighted by molar-refractivity contribution is -0.126. The Morgan fingerprint density at radius 1 is 0.971 bits per heavy atom. The number of carbonyl (C=O) groups is 2. The normalized spacial score (nSPS) is 21.1. The number of fused-ring (bicyclic) bond motifs is 1. The minimum absolute atomic E-state index is 0.0189. The maximum Gasteiger partial charge on any atom is 0.243 e. The van der Waals surface area contributed by atoms with Crippen molar-refractivity contribution in [1.29, 1.82) is 0 Å². The average Bonchev–Trinajstić information content (AvgIpc) is 3.65. The van der Waals surface area contributed by atoms with E-state index in [0.29, 0.717) is 38.9 Å². The average molecular weight is 496 g/mol. The number of hydrogen-bond acceptors (Lipinski definition) is 4. The van der Waals surface area contributed by atoms with Crippen LogP contribution in [0.1, 0.15) is 49.3 Å². The number of amides is 2. The Morgan fingerprint density at radius 2 is 1.66 bits per heavy atom. The molecule has 1 N–H and O–H groups in total. The first-order chi connectivity index (χ1) is 16.7. The van der Waals surface area contributed by atoms with E-state index in [-0.39, 0.29) is 34.6 Å². The third-order valence-corrected chi connectivity index (χ3v) is 9.38. The van der Waals surface area contributed by atoms with Gasteiger partial charge in [0.05, 0.1) is 4.90 Å². The van der Waals surface area contributed by atoms with Crippen LogP contribution in [0.25, 0.3) is 0 Å². The van der Waals surface area contributed by atoms with E-state index < -0.39 is 10.0 Å². The smallest absolute Gasteiger partial charge is 0.243 e. The Kier molecular flexibility index (Phi) is 6.44. The first-order valence-corrected chi connectivity index (χ1v) is 14.0. The molecule has 1 atom stereocenters. The Balaban J connectivity index is 1.20. The van der Waals surface area contributed by atoms with Gasteiger partial charge in [0.1, 0.15) is 0 Å². The molecule has 2 fully saturated rings. The maximum atomic E-state index is 13.4. The standard InChI is InChI=1S/C27H33N3O4S/c1-18-3-5-20(6-4-18)17-28-26(31)21-11-13-29(14-12-21)35(33,34)24-9-10-25-23(16-24)15-19(2)30(25)27(32)22-7-8-22/h3-6,9-10,16,19,21-22H,7-8,11-15,17H2,1-2H3,(H,28,31)/t19-/m0/s1. The highest BCUT2D eigenvalue weighted by atomic mass is 32.2. The largest absolute Gasteiger partial charge is 0.352 e. The van der Waals surface area contributed by atoms with Gasteiger partial charge in [0, 0.05) is 43.2 Å². The highest BCUT2D eigenvalue weighted by molar-refractivity contribution is 7.89. The maximum absolute atomic E-state index is 13.4. The predicted molar refractivity (Wildman–Crippen MR) is 134 cm³/mol. The molecule has 8 heteroatoms. The van der Waals surface area contributed by atoms with Crippen molar-refractivity contribution in [2.75, 3.05) is 18.0 Å². The lowest BCUT2D eigenvalue weighted by Crippen LogP contribution is -2.42. The van der Waals surface area contributed by atoms with Crippen molar-refractivity contribution >= 4 is 27.5 Å². The first kappa shape index (κ1) is 24.0. The van der Waals surface area contributed by atoms with Crippen molar-refractivity contribution in [3.8, 4) is 0 Å². The van der Waals surface area contributed by atoms with Crippen molar-refractivity contribution in [3.05, 3.63) is 59.2 Å². The monoisotopic (exact) mass is 495 g/mol. The van der Waals surface area contributed by atoms with Gasteiger partial charge in [0.2, 0.25) is 21.8 Å². The molecule has 2 aromatic carbocycles. The van der Waals surface area contributed by atoms with E-state index in [1.165, 1.54) is 9.87 Å². The second kappa shape index (κ2) is 9.39. The summed E-state index contributed by atoms with van der Waals surface area (Å²) in [7, 11) is -3.65. The molecule has 35 heavy (non-hydrogen) atoms. The fraction of sp³-hybridized carbons (Fsp3) is 0.481. The molecule has 5 rings (SSSR count). The van der Waals surface area contributed by atoms with E-state index >= 15 is 0 Å². The van der Waals surface area contributed by atoms with Crippen LogP contribution in [0.15, 0.2) is 47.4 Å². The van der Waals surface area contributed by atoms with Crippen molar-refractivity contribution in [1.82, 2.24) is 9.62 Å². The van der Waals surface area contributed by atoms with E-state index in [4.69, 9.17) is 0 Å². The van der Waals surface area contributed by atoms with Crippen LogP contribution in [0.2, 0.25) is 0 Å². The molecular weight excluding hydrogens is 462 g/mol. The lowest BCUT2D eigenvalue weighted by Gasteiger charge is -2.30. The molecule has 2 aliphatic heterocycles. The molecule has 186 valence electrons. The van der Waals surface area contributed by atoms with Crippen LogP contribution < -0.4 is 10.2 Å². The van der Waals surface area contributed by atoms with Gasteiger partial charge < -0.3 is 10.2 Å². The number of sulfonamides is 1. The molecule has 0 unspecified atom stereocenters. The summed E-state index contributed by atoms with van der Waals surface area (Å²) >= 11 is 0.